The van der Waals surface area contributed by atoms with Crippen LogP contribution in [0.4, 0.5) is 0 Å². The van der Waals surface area contributed by atoms with Gasteiger partial charge in [0, 0.05) is 10.9 Å². The van der Waals surface area contributed by atoms with Crippen molar-refractivity contribution in [1.29, 1.82) is 0 Å². The van der Waals surface area contributed by atoms with Gasteiger partial charge in [0.25, 0.3) is 0 Å². The van der Waals surface area contributed by atoms with Crippen molar-refractivity contribution in [2.45, 2.75) is 34.2 Å². The van der Waals surface area contributed by atoms with Gasteiger partial charge in [-0.1, -0.05) is 55.3 Å². The van der Waals surface area contributed by atoms with Crippen LogP contribution in [0, 0.1) is 19.8 Å². The second-order valence-corrected chi connectivity index (χ2v) is 6.79. The summed E-state index contributed by atoms with van der Waals surface area (Å²) in [7, 11) is 0. The minimum atomic E-state index is 0.629. The summed E-state index contributed by atoms with van der Waals surface area (Å²) >= 11 is 0. The van der Waals surface area contributed by atoms with Crippen molar-refractivity contribution < 1.29 is 4.42 Å². The molecule has 1 N–H and O–H groups in total. The average molecular weight is 307 g/mol. The molecule has 0 saturated carbocycles. The molecule has 3 aromatic rings. The Morgan fingerprint density at radius 2 is 1.65 bits per heavy atom. The smallest absolute Gasteiger partial charge is 0.135 e. The molecule has 0 atom stereocenters. The van der Waals surface area contributed by atoms with Crippen LogP contribution in [0.3, 0.4) is 0 Å². The summed E-state index contributed by atoms with van der Waals surface area (Å²) in [6.45, 7) is 10.4. The Bertz CT molecular complexity index is 797. The van der Waals surface area contributed by atoms with Crippen molar-refractivity contribution in [3.63, 3.8) is 0 Å². The van der Waals surface area contributed by atoms with E-state index in [-0.39, 0.29) is 0 Å². The van der Waals surface area contributed by atoms with Gasteiger partial charge in [0.15, 0.2) is 0 Å². The first-order chi connectivity index (χ1) is 11.0. The maximum Gasteiger partial charge on any atom is 0.135 e. The zero-order valence-electron chi connectivity index (χ0n) is 14.4. The first kappa shape index (κ1) is 15.8. The highest BCUT2D eigenvalue weighted by Gasteiger charge is 2.16. The zero-order valence-corrected chi connectivity index (χ0v) is 14.4. The Morgan fingerprint density at radius 3 is 2.35 bits per heavy atom. The topological polar surface area (TPSA) is 25.2 Å². The fourth-order valence-electron chi connectivity index (χ4n) is 2.90. The van der Waals surface area contributed by atoms with E-state index in [9.17, 15) is 0 Å². The molecular weight excluding hydrogens is 282 g/mol. The summed E-state index contributed by atoms with van der Waals surface area (Å²) in [6.07, 6.45) is 0. The van der Waals surface area contributed by atoms with Crippen LogP contribution in [0.1, 0.15) is 30.7 Å². The Morgan fingerprint density at radius 1 is 0.957 bits per heavy atom. The van der Waals surface area contributed by atoms with Gasteiger partial charge in [-0.05, 0) is 44.0 Å². The quantitative estimate of drug-likeness (QED) is 0.677. The first-order valence-corrected chi connectivity index (χ1v) is 8.34. The number of furan rings is 1. The van der Waals surface area contributed by atoms with E-state index in [2.05, 4.69) is 75.5 Å². The molecule has 2 aromatic carbocycles. The number of hydrogen-bond donors (Lipinski definition) is 1. The lowest BCUT2D eigenvalue weighted by Gasteiger charge is -2.08. The summed E-state index contributed by atoms with van der Waals surface area (Å²) in [6, 6.07) is 15.1. The number of nitrogens with one attached hydrogen (secondary N) is 1. The minimum absolute atomic E-state index is 0.629. The summed E-state index contributed by atoms with van der Waals surface area (Å²) in [5.74, 6) is 1.65. The first-order valence-electron chi connectivity index (χ1n) is 8.34. The molecule has 2 nitrogen and oxygen atoms in total. The molecule has 1 heterocycles. The number of fused-ring (bicyclic) bond motifs is 1. The van der Waals surface area contributed by atoms with Crippen molar-refractivity contribution in [2.75, 3.05) is 6.54 Å². The van der Waals surface area contributed by atoms with E-state index >= 15 is 0 Å². The number of benzene rings is 2. The molecule has 0 unspecified atom stereocenters. The van der Waals surface area contributed by atoms with E-state index in [4.69, 9.17) is 4.42 Å². The fourth-order valence-corrected chi connectivity index (χ4v) is 2.90. The van der Waals surface area contributed by atoms with Gasteiger partial charge in [0.05, 0.1) is 6.54 Å². The van der Waals surface area contributed by atoms with Gasteiger partial charge in [-0.2, -0.15) is 0 Å². The molecule has 3 rings (SSSR count). The lowest BCUT2D eigenvalue weighted by atomic mass is 9.99. The molecule has 0 aliphatic rings. The zero-order chi connectivity index (χ0) is 16.4. The standard InChI is InChI=1S/C21H25NO/c1-14(2)12-22-13-20-21(17-8-5-15(3)6-9-17)18-11-16(4)7-10-19(18)23-20/h5-11,14,22H,12-13H2,1-4H3. The van der Waals surface area contributed by atoms with Crippen molar-refractivity contribution in [3.05, 3.63) is 59.4 Å². The molecule has 0 bridgehead atoms. The SMILES string of the molecule is Cc1ccc(-c2c(CNCC(C)C)oc3ccc(C)cc23)cc1. The molecule has 23 heavy (non-hydrogen) atoms. The molecule has 0 amide bonds. The number of hydrogen-bond acceptors (Lipinski definition) is 2. The molecule has 0 saturated heterocycles. The summed E-state index contributed by atoms with van der Waals surface area (Å²) < 4.78 is 6.16. The predicted octanol–water partition coefficient (Wildman–Crippen LogP) is 5.46. The highest BCUT2D eigenvalue weighted by Crippen LogP contribution is 2.35. The lowest BCUT2D eigenvalue weighted by molar-refractivity contribution is 0.486. The number of aryl methyl sites for hydroxylation is 2. The van der Waals surface area contributed by atoms with Gasteiger partial charge in [-0.3, -0.25) is 0 Å². The lowest BCUT2D eigenvalue weighted by Crippen LogP contribution is -2.18. The van der Waals surface area contributed by atoms with Gasteiger partial charge in [0.2, 0.25) is 0 Å². The van der Waals surface area contributed by atoms with Crippen molar-refractivity contribution >= 4 is 11.0 Å². The Hall–Kier alpha value is -2.06. The largest absolute Gasteiger partial charge is 0.459 e. The second kappa shape index (κ2) is 6.59. The summed E-state index contributed by atoms with van der Waals surface area (Å²) in [5, 5.41) is 4.71. The van der Waals surface area contributed by atoms with Gasteiger partial charge in [-0.15, -0.1) is 0 Å². The van der Waals surface area contributed by atoms with Gasteiger partial charge >= 0.3 is 0 Å². The van der Waals surface area contributed by atoms with E-state index in [0.29, 0.717) is 5.92 Å². The third-order valence-electron chi connectivity index (χ3n) is 4.09. The highest BCUT2D eigenvalue weighted by atomic mass is 16.3. The van der Waals surface area contributed by atoms with E-state index in [0.717, 1.165) is 24.4 Å². The summed E-state index contributed by atoms with van der Waals surface area (Å²) in [4.78, 5) is 0. The van der Waals surface area contributed by atoms with Crippen LogP contribution in [0.5, 0.6) is 0 Å². The fraction of sp³-hybridized carbons (Fsp3) is 0.333. The molecule has 2 heteroatoms. The van der Waals surface area contributed by atoms with E-state index in [1.54, 1.807) is 0 Å². The van der Waals surface area contributed by atoms with E-state index in [1.807, 2.05) is 0 Å². The minimum Gasteiger partial charge on any atom is -0.459 e. The van der Waals surface area contributed by atoms with Crippen LogP contribution in [-0.2, 0) is 6.54 Å². The second-order valence-electron chi connectivity index (χ2n) is 6.79. The predicted molar refractivity (Wildman–Crippen MR) is 97.7 cm³/mol. The Balaban J connectivity index is 2.07. The third-order valence-corrected chi connectivity index (χ3v) is 4.09. The van der Waals surface area contributed by atoms with Crippen LogP contribution >= 0.6 is 0 Å². The maximum absolute atomic E-state index is 6.16. The average Bonchev–Trinajstić information content (AvgIpc) is 2.85. The molecule has 120 valence electrons. The van der Waals surface area contributed by atoms with Crippen LogP contribution in [0.15, 0.2) is 46.9 Å². The molecule has 0 fully saturated rings. The van der Waals surface area contributed by atoms with E-state index < -0.39 is 0 Å². The third kappa shape index (κ3) is 3.48. The molecule has 0 spiro atoms. The van der Waals surface area contributed by atoms with Crippen molar-refractivity contribution in [1.82, 2.24) is 5.32 Å². The molecular formula is C21H25NO. The van der Waals surface area contributed by atoms with Crippen molar-refractivity contribution in [2.24, 2.45) is 5.92 Å². The van der Waals surface area contributed by atoms with Crippen LogP contribution in [0.25, 0.3) is 22.1 Å². The Labute approximate surface area is 138 Å². The van der Waals surface area contributed by atoms with Gasteiger partial charge in [-0.25, -0.2) is 0 Å². The monoisotopic (exact) mass is 307 g/mol. The van der Waals surface area contributed by atoms with Crippen LogP contribution < -0.4 is 5.32 Å². The molecule has 0 aliphatic carbocycles. The highest BCUT2D eigenvalue weighted by molar-refractivity contribution is 5.96. The molecule has 0 radical (unpaired) electrons. The molecule has 1 aromatic heterocycles. The van der Waals surface area contributed by atoms with Gasteiger partial charge in [0.1, 0.15) is 11.3 Å². The van der Waals surface area contributed by atoms with Crippen LogP contribution in [-0.4, -0.2) is 6.54 Å². The van der Waals surface area contributed by atoms with Gasteiger partial charge < -0.3 is 9.73 Å². The summed E-state index contributed by atoms with van der Waals surface area (Å²) in [5.41, 5.74) is 5.94. The maximum atomic E-state index is 6.16. The Kier molecular flexibility index (Phi) is 4.53. The number of rotatable bonds is 5. The normalized spacial score (nSPS) is 11.5. The van der Waals surface area contributed by atoms with Crippen molar-refractivity contribution in [3.8, 4) is 11.1 Å². The molecule has 0 aliphatic heterocycles. The van der Waals surface area contributed by atoms with E-state index in [1.165, 1.54) is 27.6 Å². The van der Waals surface area contributed by atoms with Crippen LogP contribution in [0.2, 0.25) is 0 Å².